The SMILES string of the molecule is CCCN1C(N)=NN(c2ccccc2)C(=O)c2ccccc21. The Hall–Kier alpha value is -2.82. The van der Waals surface area contributed by atoms with Crippen LogP contribution in [0, 0.1) is 0 Å². The number of amides is 1. The van der Waals surface area contributed by atoms with Crippen LogP contribution >= 0.6 is 0 Å². The lowest BCUT2D eigenvalue weighted by atomic mass is 10.1. The number of hydrazone groups is 1. The smallest absolute Gasteiger partial charge is 0.280 e. The van der Waals surface area contributed by atoms with E-state index in [4.69, 9.17) is 5.73 Å². The van der Waals surface area contributed by atoms with Gasteiger partial charge >= 0.3 is 0 Å². The molecule has 1 aliphatic rings. The van der Waals surface area contributed by atoms with E-state index < -0.39 is 0 Å². The Balaban J connectivity index is 2.15. The molecule has 0 aliphatic carbocycles. The maximum atomic E-state index is 12.9. The van der Waals surface area contributed by atoms with Crippen molar-refractivity contribution in [3.63, 3.8) is 0 Å². The van der Waals surface area contributed by atoms with Crippen molar-refractivity contribution in [1.29, 1.82) is 0 Å². The fourth-order valence-electron chi connectivity index (χ4n) is 2.53. The summed E-state index contributed by atoms with van der Waals surface area (Å²) in [5, 5.41) is 5.71. The molecule has 2 aromatic rings. The number of carbonyl (C=O) groups excluding carboxylic acids is 1. The number of benzene rings is 2. The second-order valence-electron chi connectivity index (χ2n) is 5.08. The van der Waals surface area contributed by atoms with E-state index in [9.17, 15) is 4.79 Å². The molecule has 1 heterocycles. The molecule has 1 amide bonds. The molecule has 0 saturated heterocycles. The molecular formula is C17H18N4O. The number of rotatable bonds is 3. The molecule has 0 spiro atoms. The summed E-state index contributed by atoms with van der Waals surface area (Å²) >= 11 is 0. The lowest BCUT2D eigenvalue weighted by Gasteiger charge is -2.22. The highest BCUT2D eigenvalue weighted by molar-refractivity contribution is 6.15. The zero-order valence-corrected chi connectivity index (χ0v) is 12.4. The number of fused-ring (bicyclic) bond motifs is 1. The van der Waals surface area contributed by atoms with Crippen molar-refractivity contribution in [3.8, 4) is 0 Å². The van der Waals surface area contributed by atoms with Gasteiger partial charge in [-0.05, 0) is 30.7 Å². The van der Waals surface area contributed by atoms with Gasteiger partial charge in [0.25, 0.3) is 5.91 Å². The Morgan fingerprint density at radius 3 is 2.45 bits per heavy atom. The monoisotopic (exact) mass is 294 g/mol. The van der Waals surface area contributed by atoms with Gasteiger partial charge in [0.1, 0.15) is 0 Å². The molecule has 3 rings (SSSR count). The number of anilines is 2. The number of hydrogen-bond acceptors (Lipinski definition) is 4. The van der Waals surface area contributed by atoms with Gasteiger partial charge in [-0.25, -0.2) is 0 Å². The summed E-state index contributed by atoms with van der Waals surface area (Å²) < 4.78 is 0. The van der Waals surface area contributed by atoms with Crippen LogP contribution in [0.5, 0.6) is 0 Å². The summed E-state index contributed by atoms with van der Waals surface area (Å²) in [5.41, 5.74) is 8.25. The Morgan fingerprint density at radius 1 is 1.05 bits per heavy atom. The fraction of sp³-hybridized carbons (Fsp3) is 0.176. The van der Waals surface area contributed by atoms with Gasteiger partial charge in [-0.15, -0.1) is 5.10 Å². The maximum Gasteiger partial charge on any atom is 0.280 e. The third-order valence-electron chi connectivity index (χ3n) is 3.54. The number of nitrogens with zero attached hydrogens (tertiary/aromatic N) is 3. The van der Waals surface area contributed by atoms with Gasteiger partial charge in [-0.1, -0.05) is 37.3 Å². The van der Waals surface area contributed by atoms with Gasteiger partial charge in [0, 0.05) is 6.54 Å². The van der Waals surface area contributed by atoms with E-state index in [1.165, 1.54) is 5.01 Å². The topological polar surface area (TPSA) is 61.9 Å². The first-order valence-electron chi connectivity index (χ1n) is 7.32. The van der Waals surface area contributed by atoms with Gasteiger partial charge in [-0.3, -0.25) is 4.79 Å². The highest BCUT2D eigenvalue weighted by atomic mass is 16.2. The standard InChI is InChI=1S/C17H18N4O/c1-2-12-20-15-11-7-6-10-14(15)16(22)21(19-17(20)18)13-8-4-3-5-9-13/h3-11H,2,12H2,1H3,(H2,18,19). The van der Waals surface area contributed by atoms with Crippen molar-refractivity contribution >= 4 is 23.2 Å². The predicted molar refractivity (Wildman–Crippen MR) is 89.0 cm³/mol. The van der Waals surface area contributed by atoms with Crippen LogP contribution in [0.15, 0.2) is 59.7 Å². The number of nitrogens with two attached hydrogens (primary N) is 1. The van der Waals surface area contributed by atoms with E-state index in [1.807, 2.05) is 59.5 Å². The molecule has 0 unspecified atom stereocenters. The van der Waals surface area contributed by atoms with E-state index in [0.29, 0.717) is 23.8 Å². The molecule has 0 atom stereocenters. The molecule has 0 saturated carbocycles. The second kappa shape index (κ2) is 5.89. The summed E-state index contributed by atoms with van der Waals surface area (Å²) in [6.07, 6.45) is 0.907. The molecule has 5 heteroatoms. The average Bonchev–Trinajstić information content (AvgIpc) is 2.66. The third-order valence-corrected chi connectivity index (χ3v) is 3.54. The average molecular weight is 294 g/mol. The van der Waals surface area contributed by atoms with Crippen LogP contribution in [0.25, 0.3) is 0 Å². The number of guanidine groups is 1. The molecular weight excluding hydrogens is 276 g/mol. The zero-order valence-electron chi connectivity index (χ0n) is 12.4. The van der Waals surface area contributed by atoms with Crippen molar-refractivity contribution in [2.75, 3.05) is 16.5 Å². The van der Waals surface area contributed by atoms with E-state index in [2.05, 4.69) is 12.0 Å². The van der Waals surface area contributed by atoms with Crippen molar-refractivity contribution < 1.29 is 4.79 Å². The van der Waals surface area contributed by atoms with Crippen molar-refractivity contribution in [2.45, 2.75) is 13.3 Å². The number of para-hydroxylation sites is 2. The van der Waals surface area contributed by atoms with Crippen LogP contribution in [0.1, 0.15) is 23.7 Å². The number of hydrogen-bond donors (Lipinski definition) is 1. The Labute approximate surface area is 129 Å². The Morgan fingerprint density at radius 2 is 1.73 bits per heavy atom. The predicted octanol–water partition coefficient (Wildman–Crippen LogP) is 2.79. The highest BCUT2D eigenvalue weighted by Gasteiger charge is 2.28. The minimum atomic E-state index is -0.177. The van der Waals surface area contributed by atoms with E-state index in [0.717, 1.165) is 12.1 Å². The van der Waals surface area contributed by atoms with Gasteiger partial charge in [0.2, 0.25) is 5.96 Å². The van der Waals surface area contributed by atoms with E-state index >= 15 is 0 Å². The minimum Gasteiger partial charge on any atom is -0.368 e. The molecule has 0 radical (unpaired) electrons. The van der Waals surface area contributed by atoms with Crippen LogP contribution < -0.4 is 15.6 Å². The summed E-state index contributed by atoms with van der Waals surface area (Å²) in [7, 11) is 0. The summed E-state index contributed by atoms with van der Waals surface area (Å²) in [6.45, 7) is 2.78. The molecule has 2 N–H and O–H groups in total. The van der Waals surface area contributed by atoms with Gasteiger partial charge in [0.05, 0.1) is 16.9 Å². The molecule has 0 aromatic heterocycles. The maximum absolute atomic E-state index is 12.9. The van der Waals surface area contributed by atoms with E-state index in [-0.39, 0.29) is 5.91 Å². The van der Waals surface area contributed by atoms with Crippen LogP contribution in [0.2, 0.25) is 0 Å². The van der Waals surface area contributed by atoms with Gasteiger partial charge in [-0.2, -0.15) is 5.01 Å². The normalized spacial score (nSPS) is 14.4. The summed E-state index contributed by atoms with van der Waals surface area (Å²) in [6, 6.07) is 16.8. The molecule has 112 valence electrons. The molecule has 1 aliphatic heterocycles. The van der Waals surface area contributed by atoms with Crippen LogP contribution in [-0.4, -0.2) is 18.4 Å². The van der Waals surface area contributed by atoms with Crippen LogP contribution in [0.3, 0.4) is 0 Å². The van der Waals surface area contributed by atoms with Gasteiger partial charge in [0.15, 0.2) is 0 Å². The summed E-state index contributed by atoms with van der Waals surface area (Å²) in [5.74, 6) is 0.146. The Kier molecular flexibility index (Phi) is 3.78. The van der Waals surface area contributed by atoms with Crippen molar-refractivity contribution in [2.24, 2.45) is 10.8 Å². The van der Waals surface area contributed by atoms with Crippen LogP contribution in [0.4, 0.5) is 11.4 Å². The minimum absolute atomic E-state index is 0.177. The third kappa shape index (κ3) is 2.41. The largest absolute Gasteiger partial charge is 0.368 e. The lowest BCUT2D eigenvalue weighted by Crippen LogP contribution is -2.38. The molecule has 0 fully saturated rings. The Bertz CT molecular complexity index is 712. The zero-order chi connectivity index (χ0) is 15.5. The molecule has 0 bridgehead atoms. The molecule has 22 heavy (non-hydrogen) atoms. The first-order chi connectivity index (χ1) is 10.7. The quantitative estimate of drug-likeness (QED) is 0.947. The first-order valence-corrected chi connectivity index (χ1v) is 7.32. The van der Waals surface area contributed by atoms with Crippen molar-refractivity contribution in [3.05, 3.63) is 60.2 Å². The van der Waals surface area contributed by atoms with E-state index in [1.54, 1.807) is 0 Å². The highest BCUT2D eigenvalue weighted by Crippen LogP contribution is 2.28. The fourth-order valence-corrected chi connectivity index (χ4v) is 2.53. The lowest BCUT2D eigenvalue weighted by molar-refractivity contribution is 0.0989. The molecule has 2 aromatic carbocycles. The van der Waals surface area contributed by atoms with Crippen molar-refractivity contribution in [1.82, 2.24) is 0 Å². The molecule has 5 nitrogen and oxygen atoms in total. The van der Waals surface area contributed by atoms with Gasteiger partial charge < -0.3 is 10.6 Å². The summed E-state index contributed by atoms with van der Waals surface area (Å²) in [4.78, 5) is 14.8. The second-order valence-corrected chi connectivity index (χ2v) is 5.08. The van der Waals surface area contributed by atoms with Crippen LogP contribution in [-0.2, 0) is 0 Å². The first kappa shape index (κ1) is 14.1. The number of carbonyl (C=O) groups is 1.